The Hall–Kier alpha value is -1.70. The van der Waals surface area contributed by atoms with Crippen LogP contribution in [-0.2, 0) is 20.0 Å². The van der Waals surface area contributed by atoms with Crippen molar-refractivity contribution in [1.82, 2.24) is 14.8 Å². The molecule has 0 amide bonds. The molecule has 142 valence electrons. The Kier molecular flexibility index (Phi) is 7.37. The fourth-order valence-electron chi connectivity index (χ4n) is 3.53. The number of para-hydroxylation sites is 1. The SMILES string of the molecule is CN=C(NCC(C)N1CCc2ccccc21)N(C)Cc1cccn1C.I. The van der Waals surface area contributed by atoms with Gasteiger partial charge in [-0.1, -0.05) is 18.2 Å². The Morgan fingerprint density at radius 1 is 1.27 bits per heavy atom. The average Bonchev–Trinajstić information content (AvgIpc) is 3.22. The van der Waals surface area contributed by atoms with Gasteiger partial charge in [-0.15, -0.1) is 24.0 Å². The highest BCUT2D eigenvalue weighted by atomic mass is 127. The molecule has 0 saturated carbocycles. The molecule has 2 heterocycles. The van der Waals surface area contributed by atoms with Gasteiger partial charge in [0, 0.05) is 57.9 Å². The van der Waals surface area contributed by atoms with Crippen LogP contribution >= 0.6 is 24.0 Å². The van der Waals surface area contributed by atoms with Crippen LogP contribution in [0, 0.1) is 0 Å². The number of halogens is 1. The lowest BCUT2D eigenvalue weighted by molar-refractivity contribution is 0.457. The molecular weight excluding hydrogens is 437 g/mol. The Balaban J connectivity index is 0.00000243. The van der Waals surface area contributed by atoms with Crippen LogP contribution in [0.1, 0.15) is 18.2 Å². The lowest BCUT2D eigenvalue weighted by atomic mass is 10.2. The van der Waals surface area contributed by atoms with E-state index in [1.807, 2.05) is 7.05 Å². The summed E-state index contributed by atoms with van der Waals surface area (Å²) in [5.41, 5.74) is 4.11. The lowest BCUT2D eigenvalue weighted by Gasteiger charge is -2.29. The maximum Gasteiger partial charge on any atom is 0.193 e. The predicted octanol–water partition coefficient (Wildman–Crippen LogP) is 3.10. The van der Waals surface area contributed by atoms with E-state index in [0.29, 0.717) is 6.04 Å². The number of hydrogen-bond acceptors (Lipinski definition) is 2. The molecule has 1 aromatic carbocycles. The van der Waals surface area contributed by atoms with Crippen molar-refractivity contribution in [3.63, 3.8) is 0 Å². The Bertz CT molecular complexity index is 739. The number of nitrogens with zero attached hydrogens (tertiary/aromatic N) is 4. The highest BCUT2D eigenvalue weighted by Crippen LogP contribution is 2.28. The van der Waals surface area contributed by atoms with Gasteiger partial charge < -0.3 is 19.7 Å². The molecule has 0 aliphatic carbocycles. The fourth-order valence-corrected chi connectivity index (χ4v) is 3.53. The second-order valence-corrected chi connectivity index (χ2v) is 6.82. The summed E-state index contributed by atoms with van der Waals surface area (Å²) < 4.78 is 2.15. The molecule has 1 aliphatic rings. The second-order valence-electron chi connectivity index (χ2n) is 6.82. The summed E-state index contributed by atoms with van der Waals surface area (Å²) in [7, 11) is 6.00. The molecule has 6 heteroatoms. The molecule has 26 heavy (non-hydrogen) atoms. The van der Waals surface area contributed by atoms with Crippen molar-refractivity contribution in [2.45, 2.75) is 25.9 Å². The van der Waals surface area contributed by atoms with Gasteiger partial charge in [0.2, 0.25) is 0 Å². The first kappa shape index (κ1) is 20.6. The summed E-state index contributed by atoms with van der Waals surface area (Å²) in [5, 5.41) is 3.53. The number of fused-ring (bicyclic) bond motifs is 1. The standard InChI is InChI=1S/C20H29N5.HI/c1-16(25-13-11-17-8-5-6-10-19(17)25)14-22-20(21-2)24(4)15-18-9-7-12-23(18)3;/h5-10,12,16H,11,13-15H2,1-4H3,(H,21,22);1H. The van der Waals surface area contributed by atoms with Crippen molar-refractivity contribution in [2.24, 2.45) is 12.0 Å². The summed E-state index contributed by atoms with van der Waals surface area (Å²) >= 11 is 0. The quantitative estimate of drug-likeness (QED) is 0.417. The number of hydrogen-bond donors (Lipinski definition) is 1. The van der Waals surface area contributed by atoms with Gasteiger partial charge in [-0.25, -0.2) is 0 Å². The molecule has 1 aliphatic heterocycles. The molecule has 1 aromatic heterocycles. The molecule has 0 fully saturated rings. The molecule has 0 saturated heterocycles. The molecule has 5 nitrogen and oxygen atoms in total. The van der Waals surface area contributed by atoms with Gasteiger partial charge in [0.05, 0.1) is 6.54 Å². The normalized spacial score (nSPS) is 14.6. The monoisotopic (exact) mass is 467 g/mol. The van der Waals surface area contributed by atoms with E-state index in [-0.39, 0.29) is 24.0 Å². The topological polar surface area (TPSA) is 35.8 Å². The Labute approximate surface area is 174 Å². The van der Waals surface area contributed by atoms with Crippen molar-refractivity contribution in [2.75, 3.05) is 32.1 Å². The molecule has 0 radical (unpaired) electrons. The van der Waals surface area contributed by atoms with Crippen LogP contribution in [-0.4, -0.2) is 48.7 Å². The first-order chi connectivity index (χ1) is 12.1. The van der Waals surface area contributed by atoms with Crippen LogP contribution in [0.15, 0.2) is 47.6 Å². The number of aryl methyl sites for hydroxylation is 1. The summed E-state index contributed by atoms with van der Waals surface area (Å²) in [6.45, 7) is 5.09. The van der Waals surface area contributed by atoms with Crippen molar-refractivity contribution in [3.05, 3.63) is 53.9 Å². The predicted molar refractivity (Wildman–Crippen MR) is 121 cm³/mol. The van der Waals surface area contributed by atoms with Crippen molar-refractivity contribution in [3.8, 4) is 0 Å². The minimum atomic E-state index is 0. The Morgan fingerprint density at radius 2 is 2.04 bits per heavy atom. The number of anilines is 1. The van der Waals surface area contributed by atoms with Gasteiger partial charge in [-0.05, 0) is 37.1 Å². The van der Waals surface area contributed by atoms with E-state index in [0.717, 1.165) is 32.0 Å². The number of nitrogens with one attached hydrogen (secondary N) is 1. The molecule has 2 aromatic rings. The summed E-state index contributed by atoms with van der Waals surface area (Å²) in [5.74, 6) is 0.931. The molecule has 3 rings (SSSR count). The minimum Gasteiger partial charge on any atom is -0.366 e. The van der Waals surface area contributed by atoms with E-state index < -0.39 is 0 Å². The zero-order valence-electron chi connectivity index (χ0n) is 16.1. The van der Waals surface area contributed by atoms with E-state index in [1.165, 1.54) is 16.9 Å². The van der Waals surface area contributed by atoms with Gasteiger partial charge in [0.1, 0.15) is 0 Å². The first-order valence-corrected chi connectivity index (χ1v) is 8.96. The smallest absolute Gasteiger partial charge is 0.193 e. The number of benzene rings is 1. The first-order valence-electron chi connectivity index (χ1n) is 8.96. The van der Waals surface area contributed by atoms with Crippen LogP contribution in [0.25, 0.3) is 0 Å². The number of aliphatic imine (C=N–C) groups is 1. The van der Waals surface area contributed by atoms with Crippen molar-refractivity contribution in [1.29, 1.82) is 0 Å². The fraction of sp³-hybridized carbons (Fsp3) is 0.450. The number of aromatic nitrogens is 1. The Morgan fingerprint density at radius 3 is 2.73 bits per heavy atom. The lowest BCUT2D eigenvalue weighted by Crippen LogP contribution is -2.46. The summed E-state index contributed by atoms with van der Waals surface area (Å²) in [4.78, 5) is 9.10. The van der Waals surface area contributed by atoms with E-state index in [1.54, 1.807) is 0 Å². The molecule has 1 unspecified atom stereocenters. The highest BCUT2D eigenvalue weighted by Gasteiger charge is 2.23. The maximum atomic E-state index is 4.44. The van der Waals surface area contributed by atoms with Crippen molar-refractivity contribution < 1.29 is 0 Å². The second kappa shape index (κ2) is 9.30. The third kappa shape index (κ3) is 4.52. The third-order valence-electron chi connectivity index (χ3n) is 5.03. The van der Waals surface area contributed by atoms with Crippen LogP contribution < -0.4 is 10.2 Å². The average molecular weight is 467 g/mol. The zero-order valence-corrected chi connectivity index (χ0v) is 18.5. The van der Waals surface area contributed by atoms with Gasteiger partial charge in [-0.3, -0.25) is 4.99 Å². The number of rotatable bonds is 5. The number of guanidine groups is 1. The molecular formula is C20H30IN5. The minimum absolute atomic E-state index is 0. The van der Waals surface area contributed by atoms with Gasteiger partial charge >= 0.3 is 0 Å². The molecule has 1 N–H and O–H groups in total. The van der Waals surface area contributed by atoms with Gasteiger partial charge in [-0.2, -0.15) is 0 Å². The van der Waals surface area contributed by atoms with Crippen molar-refractivity contribution >= 4 is 35.6 Å². The van der Waals surface area contributed by atoms with Crippen LogP contribution in [0.5, 0.6) is 0 Å². The molecule has 0 spiro atoms. The summed E-state index contributed by atoms with van der Waals surface area (Å²) in [6, 6.07) is 13.4. The van der Waals surface area contributed by atoms with E-state index in [9.17, 15) is 0 Å². The third-order valence-corrected chi connectivity index (χ3v) is 5.03. The van der Waals surface area contributed by atoms with E-state index in [4.69, 9.17) is 0 Å². The molecule has 0 bridgehead atoms. The van der Waals surface area contributed by atoms with Crippen LogP contribution in [0.3, 0.4) is 0 Å². The summed E-state index contributed by atoms with van der Waals surface area (Å²) in [6.07, 6.45) is 3.22. The highest BCUT2D eigenvalue weighted by molar-refractivity contribution is 14.0. The van der Waals surface area contributed by atoms with E-state index in [2.05, 4.69) is 88.3 Å². The largest absolute Gasteiger partial charge is 0.366 e. The zero-order chi connectivity index (χ0) is 17.8. The van der Waals surface area contributed by atoms with Crippen LogP contribution in [0.4, 0.5) is 5.69 Å². The van der Waals surface area contributed by atoms with Gasteiger partial charge in [0.15, 0.2) is 5.96 Å². The molecule has 1 atom stereocenters. The van der Waals surface area contributed by atoms with Crippen LogP contribution in [0.2, 0.25) is 0 Å². The van der Waals surface area contributed by atoms with Gasteiger partial charge in [0.25, 0.3) is 0 Å². The van der Waals surface area contributed by atoms with E-state index >= 15 is 0 Å². The maximum absolute atomic E-state index is 4.44.